The first-order chi connectivity index (χ1) is 29.2. The van der Waals surface area contributed by atoms with Gasteiger partial charge >= 0.3 is 0 Å². The first kappa shape index (κ1) is 35.8. The lowest BCUT2D eigenvalue weighted by atomic mass is 9.70. The van der Waals surface area contributed by atoms with Crippen LogP contribution in [0, 0.1) is 0 Å². The summed E-state index contributed by atoms with van der Waals surface area (Å²) in [5.41, 5.74) is 22.6. The van der Waals surface area contributed by atoms with Crippen LogP contribution >= 0.6 is 0 Å². The van der Waals surface area contributed by atoms with Crippen molar-refractivity contribution in [1.29, 1.82) is 0 Å². The molecule has 0 amide bonds. The van der Waals surface area contributed by atoms with Crippen molar-refractivity contribution >= 4 is 28.4 Å². The molecule has 0 unspecified atom stereocenters. The molecule has 0 N–H and O–H groups in total. The Labute approximate surface area is 349 Å². The van der Waals surface area contributed by atoms with Gasteiger partial charge in [-0.25, -0.2) is 0 Å². The van der Waals surface area contributed by atoms with Crippen LogP contribution < -0.4 is 4.90 Å². The average molecular weight is 763 g/mol. The molecule has 1 spiro atoms. The van der Waals surface area contributed by atoms with Crippen molar-refractivity contribution in [3.05, 3.63) is 214 Å². The van der Waals surface area contributed by atoms with Crippen molar-refractivity contribution in [3.8, 4) is 27.9 Å². The van der Waals surface area contributed by atoms with Gasteiger partial charge in [-0.05, 0) is 143 Å². The quantitative estimate of drug-likeness (QED) is 0.135. The van der Waals surface area contributed by atoms with Crippen LogP contribution in [0.5, 0.6) is 0 Å². The lowest BCUT2D eigenvalue weighted by Crippen LogP contribution is -2.27. The maximum atomic E-state index is 2.58. The van der Waals surface area contributed by atoms with Gasteiger partial charge in [-0.1, -0.05) is 148 Å². The zero-order valence-corrected chi connectivity index (χ0v) is 34.2. The molecule has 59 heavy (non-hydrogen) atoms. The molecule has 0 saturated heterocycles. The Morgan fingerprint density at radius 1 is 0.508 bits per heavy atom. The fraction of sp³-hybridized carbons (Fsp3) is 0.193. The summed E-state index contributed by atoms with van der Waals surface area (Å²) in [6, 6.07) is 62.4. The van der Waals surface area contributed by atoms with E-state index in [0.717, 1.165) is 25.7 Å². The van der Waals surface area contributed by atoms with E-state index in [9.17, 15) is 0 Å². The third-order valence-electron chi connectivity index (χ3n) is 13.5. The molecule has 1 heterocycles. The second-order valence-corrected chi connectivity index (χ2v) is 16.8. The van der Waals surface area contributed by atoms with E-state index in [2.05, 4.69) is 193 Å². The highest BCUT2D eigenvalue weighted by molar-refractivity contribution is 5.97. The number of nitrogens with zero attached hydrogens (tertiary/aromatic N) is 2. The third kappa shape index (κ3) is 5.53. The number of para-hydroxylation sites is 3. The molecule has 11 rings (SSSR count). The van der Waals surface area contributed by atoms with E-state index in [1.54, 1.807) is 0 Å². The Balaban J connectivity index is 1.15. The number of hydrogen-bond acceptors (Lipinski definition) is 1. The van der Waals surface area contributed by atoms with Crippen molar-refractivity contribution in [2.75, 3.05) is 4.90 Å². The van der Waals surface area contributed by atoms with Gasteiger partial charge in [0, 0.05) is 39.4 Å². The summed E-state index contributed by atoms with van der Waals surface area (Å²) in [6.45, 7) is 4.60. The normalized spacial score (nSPS) is 14.1. The van der Waals surface area contributed by atoms with Gasteiger partial charge in [0.25, 0.3) is 0 Å². The van der Waals surface area contributed by atoms with Crippen molar-refractivity contribution in [2.24, 2.45) is 0 Å². The molecule has 1 aromatic heterocycles. The number of rotatable bonds is 10. The van der Waals surface area contributed by atoms with Crippen molar-refractivity contribution in [1.82, 2.24) is 4.57 Å². The minimum absolute atomic E-state index is 0.406. The average Bonchev–Trinajstić information content (AvgIpc) is 3.89. The van der Waals surface area contributed by atoms with Crippen molar-refractivity contribution in [2.45, 2.75) is 70.6 Å². The fourth-order valence-corrected chi connectivity index (χ4v) is 10.8. The smallest absolute Gasteiger partial charge is 0.0726 e. The highest BCUT2D eigenvalue weighted by Gasteiger charge is 2.52. The van der Waals surface area contributed by atoms with Crippen LogP contribution in [0.2, 0.25) is 0 Å². The molecule has 3 aliphatic carbocycles. The number of fused-ring (bicyclic) bond motifs is 13. The van der Waals surface area contributed by atoms with Gasteiger partial charge in [-0.3, -0.25) is 0 Å². The molecule has 8 aromatic rings. The Hall–Kier alpha value is -6.38. The lowest BCUT2D eigenvalue weighted by molar-refractivity contribution is 0.767. The van der Waals surface area contributed by atoms with E-state index in [4.69, 9.17) is 0 Å². The molecule has 0 radical (unpaired) electrons. The van der Waals surface area contributed by atoms with Crippen LogP contribution in [-0.4, -0.2) is 4.57 Å². The van der Waals surface area contributed by atoms with Crippen LogP contribution in [-0.2, 0) is 24.7 Å². The molecule has 0 fully saturated rings. The molecule has 2 heteroatoms. The molecule has 288 valence electrons. The first-order valence-corrected chi connectivity index (χ1v) is 21.9. The van der Waals surface area contributed by atoms with E-state index in [-0.39, 0.29) is 0 Å². The Morgan fingerprint density at radius 3 is 1.78 bits per heavy atom. The van der Waals surface area contributed by atoms with Gasteiger partial charge in [0.05, 0.1) is 10.9 Å². The third-order valence-corrected chi connectivity index (χ3v) is 13.5. The highest BCUT2D eigenvalue weighted by atomic mass is 15.2. The summed E-state index contributed by atoms with van der Waals surface area (Å²) >= 11 is 0. The molecular formula is C57H50N2. The Kier molecular flexibility index (Phi) is 8.77. The Bertz CT molecular complexity index is 2850. The van der Waals surface area contributed by atoms with Gasteiger partial charge in [0.2, 0.25) is 0 Å². The minimum Gasteiger partial charge on any atom is -0.314 e. The fourth-order valence-electron chi connectivity index (χ4n) is 10.8. The first-order valence-electron chi connectivity index (χ1n) is 21.9. The van der Waals surface area contributed by atoms with Crippen LogP contribution in [0.1, 0.15) is 90.6 Å². The predicted octanol–water partition coefficient (Wildman–Crippen LogP) is 14.8. The standard InChI is InChI=1S/C57H50N2/c1-3-5-17-39-27-31-46-47-32-28-40(18-6-4-2)36-53(47)57(52(46)35-39)51-25-15-13-23-45(51)48-33-29-44(38-54(48)57)58(41-19-9-7-10-20-41)43-30-34-56-50(37-43)49-24-14-16-26-55(49)59(56)42-21-11-8-12-22-42/h7-16,19-29,31-33,35-38H,3-6,17-18,30,34H2,1-2H3. The summed E-state index contributed by atoms with van der Waals surface area (Å²) < 4.78 is 2.49. The zero-order valence-electron chi connectivity index (χ0n) is 34.2. The summed E-state index contributed by atoms with van der Waals surface area (Å²) in [7, 11) is 0. The predicted molar refractivity (Wildman–Crippen MR) is 248 cm³/mol. The number of aryl methyl sites for hydroxylation is 2. The maximum Gasteiger partial charge on any atom is 0.0726 e. The molecule has 0 saturated carbocycles. The highest BCUT2D eigenvalue weighted by Crippen LogP contribution is 2.63. The zero-order chi connectivity index (χ0) is 39.5. The number of unbranched alkanes of at least 4 members (excludes halogenated alkanes) is 2. The second kappa shape index (κ2) is 14.5. The molecule has 2 nitrogen and oxygen atoms in total. The largest absolute Gasteiger partial charge is 0.314 e. The Morgan fingerprint density at radius 2 is 1.08 bits per heavy atom. The topological polar surface area (TPSA) is 8.17 Å². The van der Waals surface area contributed by atoms with Gasteiger partial charge in [0.1, 0.15) is 0 Å². The second-order valence-electron chi connectivity index (χ2n) is 16.8. The summed E-state index contributed by atoms with van der Waals surface area (Å²) in [6.07, 6.45) is 11.4. The molecule has 7 aromatic carbocycles. The van der Waals surface area contributed by atoms with E-state index < -0.39 is 5.41 Å². The number of anilines is 2. The summed E-state index contributed by atoms with van der Waals surface area (Å²) in [5, 5.41) is 1.30. The molecule has 0 bridgehead atoms. The monoisotopic (exact) mass is 762 g/mol. The number of hydrogen-bond donors (Lipinski definition) is 0. The van der Waals surface area contributed by atoms with Crippen LogP contribution in [0.3, 0.4) is 0 Å². The van der Waals surface area contributed by atoms with E-state index in [1.165, 1.54) is 126 Å². The molecule has 0 aliphatic heterocycles. The molecule has 0 atom stereocenters. The summed E-state index contributed by atoms with van der Waals surface area (Å²) in [5.74, 6) is 0. The number of benzene rings is 7. The minimum atomic E-state index is -0.406. The number of aromatic nitrogens is 1. The van der Waals surface area contributed by atoms with Crippen LogP contribution in [0.15, 0.2) is 169 Å². The van der Waals surface area contributed by atoms with Crippen LogP contribution in [0.4, 0.5) is 11.4 Å². The van der Waals surface area contributed by atoms with E-state index in [1.807, 2.05) is 0 Å². The lowest BCUT2D eigenvalue weighted by Gasteiger charge is -2.34. The van der Waals surface area contributed by atoms with E-state index in [0.29, 0.717) is 0 Å². The number of allylic oxidation sites excluding steroid dienone is 1. The molecular weight excluding hydrogens is 713 g/mol. The SMILES string of the molecule is CCCCc1ccc2c(c1)C1(c3ccccc3-c3ccc(N(C4=Cc5c(n(-c6ccccc6)c6ccccc56)CC4)c4ccccc4)cc31)c1cc(CCCC)ccc1-2. The maximum absolute atomic E-state index is 2.58. The van der Waals surface area contributed by atoms with Crippen molar-refractivity contribution in [3.63, 3.8) is 0 Å². The van der Waals surface area contributed by atoms with Crippen molar-refractivity contribution < 1.29 is 0 Å². The van der Waals surface area contributed by atoms with E-state index >= 15 is 0 Å². The molecule has 3 aliphatic rings. The van der Waals surface area contributed by atoms with Gasteiger partial charge in [0.15, 0.2) is 0 Å². The van der Waals surface area contributed by atoms with Gasteiger partial charge in [-0.15, -0.1) is 0 Å². The summed E-state index contributed by atoms with van der Waals surface area (Å²) in [4.78, 5) is 2.56. The van der Waals surface area contributed by atoms with Gasteiger partial charge in [-0.2, -0.15) is 0 Å². The van der Waals surface area contributed by atoms with Gasteiger partial charge < -0.3 is 9.47 Å². The van der Waals surface area contributed by atoms with Crippen LogP contribution in [0.25, 0.3) is 44.9 Å².